The van der Waals surface area contributed by atoms with Crippen LogP contribution in [0, 0.1) is 20.8 Å². The van der Waals surface area contributed by atoms with Crippen LogP contribution in [-0.2, 0) is 13.1 Å². The van der Waals surface area contributed by atoms with E-state index in [9.17, 15) is 5.11 Å². The number of aromatic nitrogens is 4. The number of hydrogen-bond donors (Lipinski definition) is 1. The highest BCUT2D eigenvalue weighted by molar-refractivity contribution is 6.33. The summed E-state index contributed by atoms with van der Waals surface area (Å²) < 4.78 is 11.4. The first kappa shape index (κ1) is 27.9. The van der Waals surface area contributed by atoms with E-state index in [2.05, 4.69) is 16.1 Å². The Morgan fingerprint density at radius 1 is 1.10 bits per heavy atom. The van der Waals surface area contributed by atoms with Gasteiger partial charge in [-0.25, -0.2) is 15.0 Å². The van der Waals surface area contributed by atoms with Crippen molar-refractivity contribution in [1.29, 1.82) is 0 Å². The van der Waals surface area contributed by atoms with Gasteiger partial charge in [-0.1, -0.05) is 36.2 Å². The molecule has 1 N–H and O–H groups in total. The molecule has 1 aromatic carbocycles. The van der Waals surface area contributed by atoms with E-state index in [-0.39, 0.29) is 6.61 Å². The van der Waals surface area contributed by atoms with Crippen LogP contribution in [-0.4, -0.2) is 52.0 Å². The quantitative estimate of drug-likeness (QED) is 0.267. The zero-order valence-corrected chi connectivity index (χ0v) is 24.6. The van der Waals surface area contributed by atoms with E-state index in [1.807, 2.05) is 58.8 Å². The van der Waals surface area contributed by atoms with E-state index in [0.29, 0.717) is 47.4 Å². The average Bonchev–Trinajstić information content (AvgIpc) is 3.50. The first-order valence-corrected chi connectivity index (χ1v) is 13.9. The predicted molar refractivity (Wildman–Crippen MR) is 157 cm³/mol. The molecule has 3 aromatic heterocycles. The highest BCUT2D eigenvalue weighted by Crippen LogP contribution is 2.39. The summed E-state index contributed by atoms with van der Waals surface area (Å²) in [5.74, 6) is 3.47. The highest BCUT2D eigenvalue weighted by Gasteiger charge is 2.28. The van der Waals surface area contributed by atoms with Gasteiger partial charge < -0.3 is 24.2 Å². The van der Waals surface area contributed by atoms with Gasteiger partial charge >= 0.3 is 0 Å². The summed E-state index contributed by atoms with van der Waals surface area (Å²) in [5.41, 5.74) is 6.11. The number of rotatable bonds is 9. The van der Waals surface area contributed by atoms with Crippen LogP contribution in [0.1, 0.15) is 48.0 Å². The first-order chi connectivity index (χ1) is 19.2. The number of aliphatic hydroxyl groups excluding tert-OH is 1. The third-order valence-electron chi connectivity index (χ3n) is 7.15. The Morgan fingerprint density at radius 2 is 1.90 bits per heavy atom. The van der Waals surface area contributed by atoms with Crippen LogP contribution in [0.2, 0.25) is 5.02 Å². The minimum Gasteiger partial charge on any atom is -0.491 e. The second kappa shape index (κ2) is 11.4. The Balaban J connectivity index is 1.59. The predicted octanol–water partition coefficient (Wildman–Crippen LogP) is 5.90. The maximum absolute atomic E-state index is 10.2. The lowest BCUT2D eigenvalue weighted by atomic mass is 10.0. The van der Waals surface area contributed by atoms with Crippen molar-refractivity contribution in [1.82, 2.24) is 20.1 Å². The summed E-state index contributed by atoms with van der Waals surface area (Å²) in [6.45, 7) is 9.36. The molecule has 1 atom stereocenters. The number of halogens is 1. The van der Waals surface area contributed by atoms with Crippen molar-refractivity contribution in [3.8, 4) is 28.4 Å². The Labute approximate surface area is 239 Å². The van der Waals surface area contributed by atoms with Gasteiger partial charge in [0.25, 0.3) is 0 Å². The number of nitrogens with zero attached hydrogens (tertiary/aromatic N) is 6. The highest BCUT2D eigenvalue weighted by atomic mass is 35.5. The summed E-state index contributed by atoms with van der Waals surface area (Å²) in [6.07, 6.45) is 1.03. The largest absolute Gasteiger partial charge is 0.491 e. The van der Waals surface area contributed by atoms with Crippen LogP contribution < -0.4 is 14.5 Å². The Morgan fingerprint density at radius 3 is 2.60 bits per heavy atom. The van der Waals surface area contributed by atoms with Gasteiger partial charge in [0.2, 0.25) is 0 Å². The molecule has 9 nitrogen and oxygen atoms in total. The molecule has 40 heavy (non-hydrogen) atoms. The van der Waals surface area contributed by atoms with Gasteiger partial charge in [-0.15, -0.1) is 0 Å². The SMILES string of the molecule is CCC[C@@H](O)COc1ccc(Cl)c(-c2nc(-c3c(C)noc3C)c(C)c(N3Cc4ccc(N(C)C)nc4C3)n2)c1. The monoisotopic (exact) mass is 562 g/mol. The van der Waals surface area contributed by atoms with Gasteiger partial charge in [-0.05, 0) is 57.0 Å². The van der Waals surface area contributed by atoms with Crippen LogP contribution in [0.4, 0.5) is 11.6 Å². The van der Waals surface area contributed by atoms with E-state index >= 15 is 0 Å². The lowest BCUT2D eigenvalue weighted by Crippen LogP contribution is -2.19. The van der Waals surface area contributed by atoms with Crippen molar-refractivity contribution in [2.75, 3.05) is 30.5 Å². The molecule has 1 aliphatic heterocycles. The number of aliphatic hydroxyl groups is 1. The summed E-state index contributed by atoms with van der Waals surface area (Å²) in [5, 5.41) is 14.8. The van der Waals surface area contributed by atoms with Gasteiger partial charge in [0, 0.05) is 31.8 Å². The van der Waals surface area contributed by atoms with Gasteiger partial charge in [-0.2, -0.15) is 0 Å². The number of anilines is 2. The molecule has 0 aliphatic carbocycles. The second-order valence-electron chi connectivity index (χ2n) is 10.5. The Hall–Kier alpha value is -3.69. The van der Waals surface area contributed by atoms with Crippen LogP contribution in [0.5, 0.6) is 5.75 Å². The molecular weight excluding hydrogens is 528 g/mol. The molecule has 0 spiro atoms. The Bertz CT molecular complexity index is 1520. The fourth-order valence-corrected chi connectivity index (χ4v) is 5.21. The van der Waals surface area contributed by atoms with Crippen molar-refractivity contribution in [2.24, 2.45) is 0 Å². The van der Waals surface area contributed by atoms with Gasteiger partial charge in [0.15, 0.2) is 5.82 Å². The van der Waals surface area contributed by atoms with E-state index in [0.717, 1.165) is 46.3 Å². The molecule has 4 heterocycles. The van der Waals surface area contributed by atoms with Crippen LogP contribution in [0.3, 0.4) is 0 Å². The van der Waals surface area contributed by atoms with E-state index in [1.54, 1.807) is 12.1 Å². The molecular formula is C30H35ClN6O3. The molecule has 1 aliphatic rings. The van der Waals surface area contributed by atoms with Crippen molar-refractivity contribution < 1.29 is 14.4 Å². The number of benzene rings is 1. The van der Waals surface area contributed by atoms with E-state index in [1.165, 1.54) is 5.56 Å². The summed E-state index contributed by atoms with van der Waals surface area (Å²) in [6, 6.07) is 9.57. The summed E-state index contributed by atoms with van der Waals surface area (Å²) in [4.78, 5) is 19.2. The fraction of sp³-hybridized carbons (Fsp3) is 0.400. The molecule has 0 fully saturated rings. The van der Waals surface area contributed by atoms with Crippen molar-refractivity contribution in [3.63, 3.8) is 0 Å². The molecule has 0 unspecified atom stereocenters. The third kappa shape index (κ3) is 5.48. The normalized spacial score (nSPS) is 13.4. The minimum atomic E-state index is -0.532. The fourth-order valence-electron chi connectivity index (χ4n) is 5.01. The number of aryl methyl sites for hydroxylation is 2. The van der Waals surface area contributed by atoms with Gasteiger partial charge in [0.1, 0.15) is 29.8 Å². The lowest BCUT2D eigenvalue weighted by molar-refractivity contribution is 0.0994. The molecule has 0 bridgehead atoms. The number of ether oxygens (including phenoxy) is 1. The topological polar surface area (TPSA) is 101 Å². The molecule has 0 saturated carbocycles. The van der Waals surface area contributed by atoms with Crippen LogP contribution in [0.15, 0.2) is 34.9 Å². The molecule has 0 radical (unpaired) electrons. The maximum atomic E-state index is 10.2. The smallest absolute Gasteiger partial charge is 0.163 e. The molecule has 210 valence electrons. The van der Waals surface area contributed by atoms with Crippen LogP contribution in [0.25, 0.3) is 22.6 Å². The molecule has 4 aromatic rings. The summed E-state index contributed by atoms with van der Waals surface area (Å²) in [7, 11) is 3.98. The zero-order valence-electron chi connectivity index (χ0n) is 23.8. The van der Waals surface area contributed by atoms with Crippen molar-refractivity contribution in [2.45, 2.75) is 59.7 Å². The maximum Gasteiger partial charge on any atom is 0.163 e. The summed E-state index contributed by atoms with van der Waals surface area (Å²) >= 11 is 6.71. The molecule has 5 rings (SSSR count). The molecule has 0 amide bonds. The van der Waals surface area contributed by atoms with Gasteiger partial charge in [0.05, 0.1) is 40.3 Å². The average molecular weight is 563 g/mol. The number of pyridine rings is 1. The number of hydrogen-bond acceptors (Lipinski definition) is 9. The molecule has 0 saturated heterocycles. The minimum absolute atomic E-state index is 0.202. The third-order valence-corrected chi connectivity index (χ3v) is 7.48. The van der Waals surface area contributed by atoms with Crippen molar-refractivity contribution >= 4 is 23.2 Å². The second-order valence-corrected chi connectivity index (χ2v) is 10.9. The number of fused-ring (bicyclic) bond motifs is 1. The van der Waals surface area contributed by atoms with E-state index in [4.69, 9.17) is 35.8 Å². The van der Waals surface area contributed by atoms with E-state index < -0.39 is 6.10 Å². The Kier molecular flexibility index (Phi) is 7.96. The first-order valence-electron chi connectivity index (χ1n) is 13.5. The zero-order chi connectivity index (χ0) is 28.6. The standard InChI is InChI=1S/C30H35ClN6O3/c1-7-8-21(38)16-39-22-10-11-24(31)23(13-22)29-33-28(27-18(3)35-40-19(27)4)17(2)30(34-29)37-14-20-9-12-26(36(5)6)32-25(20)15-37/h9-13,21,38H,7-8,14-16H2,1-6H3/t21-/m1/s1. The lowest BCUT2D eigenvalue weighted by Gasteiger charge is -2.22. The van der Waals surface area contributed by atoms with Gasteiger partial charge in [-0.3, -0.25) is 0 Å². The van der Waals surface area contributed by atoms with Crippen LogP contribution >= 0.6 is 11.6 Å². The van der Waals surface area contributed by atoms with Crippen molar-refractivity contribution in [3.05, 3.63) is 63.6 Å². The molecule has 10 heteroatoms.